The first-order valence-corrected chi connectivity index (χ1v) is 7.35. The molecule has 6 nitrogen and oxygen atoms in total. The van der Waals surface area contributed by atoms with Gasteiger partial charge in [-0.25, -0.2) is 0 Å². The van der Waals surface area contributed by atoms with Crippen molar-refractivity contribution in [2.45, 2.75) is 25.3 Å². The number of non-ortho nitro benzene ring substituents is 1. The zero-order valence-electron chi connectivity index (χ0n) is 12.2. The minimum Gasteiger partial charge on any atom is -0.338 e. The molecule has 1 amide bonds. The maximum absolute atomic E-state index is 12.5. The van der Waals surface area contributed by atoms with Crippen LogP contribution in [0.25, 0.3) is 0 Å². The summed E-state index contributed by atoms with van der Waals surface area (Å²) < 4.78 is 0. The topological polar surface area (TPSA) is 89.5 Å². The fourth-order valence-electron chi connectivity index (χ4n) is 3.62. The fourth-order valence-corrected chi connectivity index (χ4v) is 3.62. The molecule has 1 aromatic rings. The highest BCUT2D eigenvalue weighted by Crippen LogP contribution is 2.36. The minimum absolute atomic E-state index is 0. The summed E-state index contributed by atoms with van der Waals surface area (Å²) in [6.07, 6.45) is 3.28. The molecule has 7 heteroatoms. The number of halogens is 1. The maximum Gasteiger partial charge on any atom is 0.270 e. The SMILES string of the molecule is Cl.NC1CCCC2CN(C(=O)c3cccc([N+](=O)[O-])c3)CC12. The minimum atomic E-state index is -0.476. The van der Waals surface area contributed by atoms with Crippen LogP contribution in [0.2, 0.25) is 0 Å². The van der Waals surface area contributed by atoms with E-state index >= 15 is 0 Å². The number of nitro benzene ring substituents is 1. The van der Waals surface area contributed by atoms with Crippen molar-refractivity contribution in [3.8, 4) is 0 Å². The molecule has 22 heavy (non-hydrogen) atoms. The third-order valence-corrected chi connectivity index (χ3v) is 4.75. The zero-order valence-corrected chi connectivity index (χ0v) is 13.0. The van der Waals surface area contributed by atoms with E-state index in [1.165, 1.54) is 12.1 Å². The Balaban J connectivity index is 0.00000176. The summed E-state index contributed by atoms with van der Waals surface area (Å²) in [7, 11) is 0. The van der Waals surface area contributed by atoms with Gasteiger partial charge in [-0.2, -0.15) is 0 Å². The van der Waals surface area contributed by atoms with Crippen molar-refractivity contribution in [1.82, 2.24) is 4.90 Å². The predicted octanol–water partition coefficient (Wildman–Crippen LogP) is 2.22. The van der Waals surface area contributed by atoms with Gasteiger partial charge in [0.15, 0.2) is 0 Å². The van der Waals surface area contributed by atoms with Crippen molar-refractivity contribution in [2.24, 2.45) is 17.6 Å². The first-order valence-electron chi connectivity index (χ1n) is 7.35. The molecule has 120 valence electrons. The summed E-state index contributed by atoms with van der Waals surface area (Å²) in [5.74, 6) is 0.734. The van der Waals surface area contributed by atoms with E-state index in [1.54, 1.807) is 17.0 Å². The van der Waals surface area contributed by atoms with Crippen LogP contribution in [0, 0.1) is 22.0 Å². The molecule has 0 bridgehead atoms. The van der Waals surface area contributed by atoms with Gasteiger partial charge in [0.05, 0.1) is 4.92 Å². The molecule has 1 aliphatic carbocycles. The monoisotopic (exact) mass is 325 g/mol. The van der Waals surface area contributed by atoms with Crippen LogP contribution in [-0.2, 0) is 0 Å². The Kier molecular flexibility index (Phi) is 5.03. The summed E-state index contributed by atoms with van der Waals surface area (Å²) in [4.78, 5) is 24.7. The van der Waals surface area contributed by atoms with Crippen molar-refractivity contribution >= 4 is 24.0 Å². The van der Waals surface area contributed by atoms with Gasteiger partial charge in [0.1, 0.15) is 0 Å². The third kappa shape index (κ3) is 3.08. The molecular weight excluding hydrogens is 306 g/mol. The molecule has 3 rings (SSSR count). The van der Waals surface area contributed by atoms with Crippen LogP contribution >= 0.6 is 12.4 Å². The van der Waals surface area contributed by atoms with E-state index in [1.807, 2.05) is 0 Å². The van der Waals surface area contributed by atoms with Gasteiger partial charge in [-0.15, -0.1) is 12.4 Å². The summed E-state index contributed by atoms with van der Waals surface area (Å²) >= 11 is 0. The van der Waals surface area contributed by atoms with Crippen molar-refractivity contribution in [2.75, 3.05) is 13.1 Å². The van der Waals surface area contributed by atoms with E-state index in [2.05, 4.69) is 0 Å². The number of rotatable bonds is 2. The number of nitrogens with zero attached hydrogens (tertiary/aromatic N) is 2. The summed E-state index contributed by atoms with van der Waals surface area (Å²) in [6, 6.07) is 6.12. The average molecular weight is 326 g/mol. The molecule has 3 atom stereocenters. The lowest BCUT2D eigenvalue weighted by Crippen LogP contribution is -2.38. The Morgan fingerprint density at radius 2 is 2.09 bits per heavy atom. The van der Waals surface area contributed by atoms with Crippen LogP contribution in [0.4, 0.5) is 5.69 Å². The Morgan fingerprint density at radius 3 is 2.77 bits per heavy atom. The molecule has 1 aliphatic heterocycles. The smallest absolute Gasteiger partial charge is 0.270 e. The van der Waals surface area contributed by atoms with Crippen molar-refractivity contribution in [1.29, 1.82) is 0 Å². The first-order chi connectivity index (χ1) is 10.1. The number of likely N-dealkylation sites (tertiary alicyclic amines) is 1. The number of amides is 1. The largest absolute Gasteiger partial charge is 0.338 e. The van der Waals surface area contributed by atoms with Crippen LogP contribution in [0.1, 0.15) is 29.6 Å². The second-order valence-electron chi connectivity index (χ2n) is 6.04. The molecule has 2 aliphatic rings. The Morgan fingerprint density at radius 1 is 1.32 bits per heavy atom. The van der Waals surface area contributed by atoms with Crippen molar-refractivity contribution < 1.29 is 9.72 Å². The second-order valence-corrected chi connectivity index (χ2v) is 6.04. The molecule has 1 saturated carbocycles. The molecule has 2 N–H and O–H groups in total. The van der Waals surface area contributed by atoms with E-state index < -0.39 is 4.92 Å². The quantitative estimate of drug-likeness (QED) is 0.667. The molecule has 0 radical (unpaired) electrons. The van der Waals surface area contributed by atoms with Gasteiger partial charge in [0.2, 0.25) is 0 Å². The van der Waals surface area contributed by atoms with Crippen molar-refractivity contribution in [3.05, 3.63) is 39.9 Å². The van der Waals surface area contributed by atoms with E-state index in [4.69, 9.17) is 5.73 Å². The van der Waals surface area contributed by atoms with Crippen LogP contribution in [0.3, 0.4) is 0 Å². The summed E-state index contributed by atoms with van der Waals surface area (Å²) in [6.45, 7) is 1.40. The van der Waals surface area contributed by atoms with E-state index in [-0.39, 0.29) is 30.0 Å². The maximum atomic E-state index is 12.5. The number of fused-ring (bicyclic) bond motifs is 1. The van der Waals surface area contributed by atoms with Gasteiger partial charge in [-0.3, -0.25) is 14.9 Å². The van der Waals surface area contributed by atoms with Gasteiger partial charge in [0, 0.05) is 36.8 Å². The Hall–Kier alpha value is -1.66. The second kappa shape index (κ2) is 6.62. The third-order valence-electron chi connectivity index (χ3n) is 4.75. The number of nitro groups is 1. The lowest BCUT2D eigenvalue weighted by molar-refractivity contribution is -0.384. The average Bonchev–Trinajstić information content (AvgIpc) is 2.92. The highest BCUT2D eigenvalue weighted by Gasteiger charge is 2.40. The molecule has 3 unspecified atom stereocenters. The molecule has 0 spiro atoms. The molecule has 2 fully saturated rings. The Labute approximate surface area is 135 Å². The lowest BCUT2D eigenvalue weighted by atomic mass is 9.78. The van der Waals surface area contributed by atoms with E-state index in [0.717, 1.165) is 25.8 Å². The Bertz CT molecular complexity index is 581. The van der Waals surface area contributed by atoms with Gasteiger partial charge in [-0.1, -0.05) is 12.5 Å². The molecule has 1 heterocycles. The molecular formula is C15H20ClN3O3. The number of benzene rings is 1. The number of hydrogen-bond donors (Lipinski definition) is 1. The van der Waals surface area contributed by atoms with E-state index in [9.17, 15) is 14.9 Å². The summed E-state index contributed by atoms with van der Waals surface area (Å²) in [5, 5.41) is 10.8. The van der Waals surface area contributed by atoms with E-state index in [0.29, 0.717) is 23.9 Å². The van der Waals surface area contributed by atoms with Crippen LogP contribution in [-0.4, -0.2) is 34.9 Å². The molecule has 1 aromatic carbocycles. The lowest BCUT2D eigenvalue weighted by Gasteiger charge is -2.29. The highest BCUT2D eigenvalue weighted by molar-refractivity contribution is 5.95. The van der Waals surface area contributed by atoms with Gasteiger partial charge in [0.25, 0.3) is 11.6 Å². The predicted molar refractivity (Wildman–Crippen MR) is 85.1 cm³/mol. The standard InChI is InChI=1S/C15H19N3O3.ClH/c16-14-6-2-4-11-8-17(9-13(11)14)15(19)10-3-1-5-12(7-10)18(20)21;/h1,3,5,7,11,13-14H,2,4,6,8-9,16H2;1H. The number of nitrogens with two attached hydrogens (primary N) is 1. The van der Waals surface area contributed by atoms with Gasteiger partial charge < -0.3 is 10.6 Å². The molecule has 0 aromatic heterocycles. The summed E-state index contributed by atoms with van der Waals surface area (Å²) in [5.41, 5.74) is 6.50. The number of hydrogen-bond acceptors (Lipinski definition) is 4. The van der Waals surface area contributed by atoms with Gasteiger partial charge >= 0.3 is 0 Å². The van der Waals surface area contributed by atoms with Crippen molar-refractivity contribution in [3.63, 3.8) is 0 Å². The highest BCUT2D eigenvalue weighted by atomic mass is 35.5. The van der Waals surface area contributed by atoms with Crippen LogP contribution in [0.15, 0.2) is 24.3 Å². The zero-order chi connectivity index (χ0) is 15.0. The van der Waals surface area contributed by atoms with Gasteiger partial charge in [-0.05, 0) is 30.7 Å². The molecule has 1 saturated heterocycles. The number of carbonyl (C=O) groups excluding carboxylic acids is 1. The normalized spacial score (nSPS) is 27.0. The van der Waals surface area contributed by atoms with Crippen LogP contribution in [0.5, 0.6) is 0 Å². The number of carbonyl (C=O) groups is 1. The van der Waals surface area contributed by atoms with Crippen LogP contribution < -0.4 is 5.73 Å². The first kappa shape index (κ1) is 16.7. The fraction of sp³-hybridized carbons (Fsp3) is 0.533.